The van der Waals surface area contributed by atoms with E-state index in [1.54, 1.807) is 6.92 Å². The van der Waals surface area contributed by atoms with E-state index >= 15 is 0 Å². The zero-order valence-electron chi connectivity index (χ0n) is 12.4. The third kappa shape index (κ3) is 4.07. The van der Waals surface area contributed by atoms with Crippen LogP contribution in [0.4, 0.5) is 10.5 Å². The average molecular weight is 353 g/mol. The molecule has 1 aromatic carbocycles. The monoisotopic (exact) mass is 352 g/mol. The number of anilines is 1. The van der Waals surface area contributed by atoms with E-state index in [0.29, 0.717) is 17.1 Å². The smallest absolute Gasteiger partial charge is 0.412 e. The van der Waals surface area contributed by atoms with Crippen molar-refractivity contribution in [1.82, 2.24) is 5.16 Å². The van der Waals surface area contributed by atoms with Gasteiger partial charge in [0, 0.05) is 10.0 Å². The molecule has 0 fully saturated rings. The van der Waals surface area contributed by atoms with Gasteiger partial charge in [-0.3, -0.25) is 5.32 Å². The molecule has 0 spiro atoms. The summed E-state index contributed by atoms with van der Waals surface area (Å²) in [6.45, 7) is 7.16. The van der Waals surface area contributed by atoms with Crippen molar-refractivity contribution in [2.45, 2.75) is 33.3 Å². The number of hydrogen-bond acceptors (Lipinski definition) is 4. The van der Waals surface area contributed by atoms with Crippen LogP contribution < -0.4 is 5.32 Å². The van der Waals surface area contributed by atoms with Crippen molar-refractivity contribution in [3.63, 3.8) is 0 Å². The Hall–Kier alpha value is -1.82. The van der Waals surface area contributed by atoms with Crippen LogP contribution in [0, 0.1) is 6.92 Å². The lowest BCUT2D eigenvalue weighted by atomic mass is 10.1. The van der Waals surface area contributed by atoms with Crippen molar-refractivity contribution < 1.29 is 14.1 Å². The van der Waals surface area contributed by atoms with Crippen molar-refractivity contribution in [3.05, 3.63) is 34.5 Å². The van der Waals surface area contributed by atoms with Gasteiger partial charge in [-0.05, 0) is 39.8 Å². The Bertz CT molecular complexity index is 642. The van der Waals surface area contributed by atoms with Gasteiger partial charge in [-0.2, -0.15) is 0 Å². The number of carbonyl (C=O) groups excluding carboxylic acids is 1. The lowest BCUT2D eigenvalue weighted by molar-refractivity contribution is 0.0635. The van der Waals surface area contributed by atoms with E-state index in [4.69, 9.17) is 9.26 Å². The maximum absolute atomic E-state index is 11.9. The minimum atomic E-state index is -0.563. The van der Waals surface area contributed by atoms with Gasteiger partial charge in [0.05, 0.1) is 0 Å². The third-order valence-corrected chi connectivity index (χ3v) is 3.13. The first kappa shape index (κ1) is 15.6. The molecule has 6 heteroatoms. The lowest BCUT2D eigenvalue weighted by Gasteiger charge is -2.19. The summed E-state index contributed by atoms with van der Waals surface area (Å²) in [6.07, 6.45) is -0.535. The topological polar surface area (TPSA) is 64.4 Å². The van der Waals surface area contributed by atoms with E-state index in [0.717, 1.165) is 10.0 Å². The highest BCUT2D eigenvalue weighted by molar-refractivity contribution is 9.10. The number of carbonyl (C=O) groups is 1. The van der Waals surface area contributed by atoms with E-state index in [-0.39, 0.29) is 0 Å². The number of benzene rings is 1. The lowest BCUT2D eigenvalue weighted by Crippen LogP contribution is -2.27. The first-order valence-electron chi connectivity index (χ1n) is 6.48. The highest BCUT2D eigenvalue weighted by atomic mass is 79.9. The molecule has 0 aliphatic carbocycles. The first-order valence-corrected chi connectivity index (χ1v) is 7.28. The van der Waals surface area contributed by atoms with Crippen LogP contribution in [-0.2, 0) is 4.74 Å². The highest BCUT2D eigenvalue weighted by Crippen LogP contribution is 2.31. The Labute approximate surface area is 131 Å². The summed E-state index contributed by atoms with van der Waals surface area (Å²) in [5, 5.41) is 6.70. The zero-order valence-corrected chi connectivity index (χ0v) is 13.9. The third-order valence-electron chi connectivity index (χ3n) is 2.61. The molecule has 0 saturated carbocycles. The largest absolute Gasteiger partial charge is 0.444 e. The fourth-order valence-electron chi connectivity index (χ4n) is 1.73. The molecule has 0 saturated heterocycles. The molecule has 1 N–H and O–H groups in total. The van der Waals surface area contributed by atoms with Crippen molar-refractivity contribution in [1.29, 1.82) is 0 Å². The molecule has 1 aromatic heterocycles. The SMILES string of the molecule is Cc1onc(-c2ccc(Br)cc2)c1NC(=O)OC(C)(C)C. The number of ether oxygens (including phenoxy) is 1. The van der Waals surface area contributed by atoms with E-state index in [9.17, 15) is 4.79 Å². The van der Waals surface area contributed by atoms with Crippen LogP contribution in [0.5, 0.6) is 0 Å². The summed E-state index contributed by atoms with van der Waals surface area (Å²) < 4.78 is 11.4. The summed E-state index contributed by atoms with van der Waals surface area (Å²) in [7, 11) is 0. The molecular formula is C15H17BrN2O3. The minimum Gasteiger partial charge on any atom is -0.444 e. The molecule has 112 valence electrons. The van der Waals surface area contributed by atoms with E-state index < -0.39 is 11.7 Å². The Morgan fingerprint density at radius 1 is 1.29 bits per heavy atom. The second kappa shape index (κ2) is 5.89. The number of hydrogen-bond donors (Lipinski definition) is 1. The fraction of sp³-hybridized carbons (Fsp3) is 0.333. The fourth-order valence-corrected chi connectivity index (χ4v) is 1.99. The Balaban J connectivity index is 2.26. The summed E-state index contributed by atoms with van der Waals surface area (Å²) in [5.74, 6) is 0.527. The predicted octanol–water partition coefficient (Wildman–Crippen LogP) is 4.76. The molecule has 0 radical (unpaired) electrons. The Morgan fingerprint density at radius 3 is 2.48 bits per heavy atom. The number of amides is 1. The quantitative estimate of drug-likeness (QED) is 0.845. The number of rotatable bonds is 2. The standard InChI is InChI=1S/C15H17BrN2O3/c1-9-12(17-14(19)20-15(2,3)4)13(18-21-9)10-5-7-11(16)8-6-10/h5-8H,1-4H3,(H,17,19). The molecule has 2 aromatic rings. The second-order valence-electron chi connectivity index (χ2n) is 5.60. The molecule has 0 unspecified atom stereocenters. The number of aromatic nitrogens is 1. The van der Waals surface area contributed by atoms with Crippen LogP contribution in [0.1, 0.15) is 26.5 Å². The van der Waals surface area contributed by atoms with Gasteiger partial charge in [0.25, 0.3) is 0 Å². The number of nitrogens with one attached hydrogen (secondary N) is 1. The Kier molecular flexibility index (Phi) is 4.37. The predicted molar refractivity (Wildman–Crippen MR) is 84.2 cm³/mol. The van der Waals surface area contributed by atoms with Crippen molar-refractivity contribution in [2.75, 3.05) is 5.32 Å². The highest BCUT2D eigenvalue weighted by Gasteiger charge is 2.21. The molecule has 0 aliphatic heterocycles. The molecule has 1 amide bonds. The van der Waals surface area contributed by atoms with Gasteiger partial charge in [-0.25, -0.2) is 4.79 Å². The number of aryl methyl sites for hydroxylation is 1. The maximum Gasteiger partial charge on any atom is 0.412 e. The number of nitrogens with zero attached hydrogens (tertiary/aromatic N) is 1. The van der Waals surface area contributed by atoms with Gasteiger partial charge < -0.3 is 9.26 Å². The van der Waals surface area contributed by atoms with E-state index in [1.807, 2.05) is 45.0 Å². The van der Waals surface area contributed by atoms with Gasteiger partial charge in [0.15, 0.2) is 5.76 Å². The van der Waals surface area contributed by atoms with Crippen LogP contribution in [0.25, 0.3) is 11.3 Å². The summed E-state index contributed by atoms with van der Waals surface area (Å²) >= 11 is 3.38. The van der Waals surface area contributed by atoms with Gasteiger partial charge in [-0.1, -0.05) is 33.2 Å². The summed E-state index contributed by atoms with van der Waals surface area (Å²) in [5.41, 5.74) is 1.38. The molecule has 1 heterocycles. The van der Waals surface area contributed by atoms with Gasteiger partial charge >= 0.3 is 6.09 Å². The van der Waals surface area contributed by atoms with Crippen LogP contribution >= 0.6 is 15.9 Å². The molecule has 0 bridgehead atoms. The summed E-state index contributed by atoms with van der Waals surface area (Å²) in [6, 6.07) is 7.58. The molecule has 21 heavy (non-hydrogen) atoms. The van der Waals surface area contributed by atoms with Gasteiger partial charge in [0.2, 0.25) is 0 Å². The van der Waals surface area contributed by atoms with Gasteiger partial charge in [-0.15, -0.1) is 0 Å². The van der Waals surface area contributed by atoms with E-state index in [2.05, 4.69) is 26.4 Å². The van der Waals surface area contributed by atoms with E-state index in [1.165, 1.54) is 0 Å². The molecule has 5 nitrogen and oxygen atoms in total. The minimum absolute atomic E-state index is 0.520. The molecule has 0 atom stereocenters. The Morgan fingerprint density at radius 2 is 1.90 bits per heavy atom. The van der Waals surface area contributed by atoms with Crippen LogP contribution in [0.15, 0.2) is 33.3 Å². The van der Waals surface area contributed by atoms with Crippen molar-refractivity contribution in [3.8, 4) is 11.3 Å². The normalized spacial score (nSPS) is 11.3. The van der Waals surface area contributed by atoms with Crippen LogP contribution in [-0.4, -0.2) is 16.9 Å². The van der Waals surface area contributed by atoms with Crippen molar-refractivity contribution in [2.24, 2.45) is 0 Å². The average Bonchev–Trinajstić information content (AvgIpc) is 2.70. The second-order valence-corrected chi connectivity index (χ2v) is 6.51. The van der Waals surface area contributed by atoms with Crippen LogP contribution in [0.2, 0.25) is 0 Å². The van der Waals surface area contributed by atoms with Gasteiger partial charge in [0.1, 0.15) is 17.0 Å². The molecule has 2 rings (SSSR count). The summed E-state index contributed by atoms with van der Waals surface area (Å²) in [4.78, 5) is 11.9. The maximum atomic E-state index is 11.9. The van der Waals surface area contributed by atoms with Crippen molar-refractivity contribution >= 4 is 27.7 Å². The van der Waals surface area contributed by atoms with Crippen LogP contribution in [0.3, 0.4) is 0 Å². The number of halogens is 1. The molecular weight excluding hydrogens is 336 g/mol. The molecule has 0 aliphatic rings. The first-order chi connectivity index (χ1) is 9.76. The zero-order chi connectivity index (χ0) is 15.6.